The Kier molecular flexibility index (Phi) is 4.85. The maximum Gasteiger partial charge on any atom is 0.329 e. The summed E-state index contributed by atoms with van der Waals surface area (Å²) in [6.07, 6.45) is 0. The molecule has 0 saturated heterocycles. The van der Waals surface area contributed by atoms with Gasteiger partial charge in [-0.05, 0) is 37.1 Å². The quantitative estimate of drug-likeness (QED) is 0.858. The molecule has 0 saturated carbocycles. The van der Waals surface area contributed by atoms with Gasteiger partial charge in [-0.3, -0.25) is 4.79 Å². The van der Waals surface area contributed by atoms with E-state index in [0.29, 0.717) is 0 Å². The molecular weight excluding hydrogens is 234 g/mol. The Morgan fingerprint density at radius 3 is 2.22 bits per heavy atom. The van der Waals surface area contributed by atoms with Crippen molar-refractivity contribution in [3.8, 4) is 0 Å². The molecule has 18 heavy (non-hydrogen) atoms. The molecule has 0 atom stereocenters. The Bertz CT molecular complexity index is 436. The molecule has 1 aromatic carbocycles. The van der Waals surface area contributed by atoms with Crippen LogP contribution in [0.2, 0.25) is 0 Å². The van der Waals surface area contributed by atoms with Gasteiger partial charge in [-0.25, -0.2) is 4.79 Å². The second-order valence-electron chi connectivity index (χ2n) is 4.19. The van der Waals surface area contributed by atoms with Gasteiger partial charge in [0.25, 0.3) is 5.91 Å². The van der Waals surface area contributed by atoms with Crippen molar-refractivity contribution in [3.63, 3.8) is 0 Å². The minimum Gasteiger partial charge on any atom is -0.480 e. The van der Waals surface area contributed by atoms with Gasteiger partial charge < -0.3 is 14.7 Å². The lowest BCUT2D eigenvalue weighted by atomic mass is 10.1. The number of rotatable bonds is 5. The molecule has 1 aromatic rings. The number of nitrogens with zero attached hydrogens (tertiary/aromatic N) is 1. The summed E-state index contributed by atoms with van der Waals surface area (Å²) < 4.78 is 4.77. The number of carbonyl (C=O) groups is 2. The summed E-state index contributed by atoms with van der Waals surface area (Å²) >= 11 is 0. The van der Waals surface area contributed by atoms with Crippen LogP contribution in [-0.4, -0.2) is 37.2 Å². The molecule has 98 valence electrons. The first-order valence-corrected chi connectivity index (χ1v) is 5.54. The Labute approximate surface area is 106 Å². The summed E-state index contributed by atoms with van der Waals surface area (Å²) in [7, 11) is 1.64. The van der Waals surface area contributed by atoms with Crippen molar-refractivity contribution in [2.75, 3.05) is 25.2 Å². The Morgan fingerprint density at radius 1 is 1.17 bits per heavy atom. The molecule has 0 fully saturated rings. The van der Waals surface area contributed by atoms with Crippen molar-refractivity contribution >= 4 is 17.6 Å². The third-order valence-corrected chi connectivity index (χ3v) is 2.42. The Hall–Kier alpha value is -1.88. The number of carbonyl (C=O) groups excluding carboxylic acids is 1. The molecule has 0 aromatic heterocycles. The number of amides is 1. The van der Waals surface area contributed by atoms with Gasteiger partial charge in [0.1, 0.15) is 13.2 Å². The molecule has 0 aliphatic heterocycles. The molecule has 1 amide bonds. The third-order valence-electron chi connectivity index (χ3n) is 2.42. The first-order valence-electron chi connectivity index (χ1n) is 5.54. The molecule has 0 spiro atoms. The minimum atomic E-state index is -1.09. The lowest BCUT2D eigenvalue weighted by Crippen LogP contribution is -2.31. The summed E-state index contributed by atoms with van der Waals surface area (Å²) in [5.41, 5.74) is 2.91. The summed E-state index contributed by atoms with van der Waals surface area (Å²) in [4.78, 5) is 23.5. The lowest BCUT2D eigenvalue weighted by Gasteiger charge is -2.18. The van der Waals surface area contributed by atoms with E-state index >= 15 is 0 Å². The number of hydrogen-bond donors (Lipinski definition) is 1. The van der Waals surface area contributed by atoms with Crippen LogP contribution in [0.1, 0.15) is 11.1 Å². The van der Waals surface area contributed by atoms with Gasteiger partial charge >= 0.3 is 5.97 Å². The number of aliphatic carboxylic acids is 1. The van der Waals surface area contributed by atoms with Crippen molar-refractivity contribution in [1.29, 1.82) is 0 Å². The van der Waals surface area contributed by atoms with Gasteiger partial charge in [-0.2, -0.15) is 0 Å². The van der Waals surface area contributed by atoms with Gasteiger partial charge in [0.05, 0.1) is 0 Å². The van der Waals surface area contributed by atoms with Crippen LogP contribution in [0, 0.1) is 13.8 Å². The topological polar surface area (TPSA) is 66.8 Å². The average molecular weight is 251 g/mol. The maximum absolute atomic E-state index is 11.8. The predicted octanol–water partition coefficient (Wildman–Crippen LogP) is 1.37. The van der Waals surface area contributed by atoms with Gasteiger partial charge in [0, 0.05) is 12.7 Å². The number of ether oxygens (including phenoxy) is 1. The van der Waals surface area contributed by atoms with Crippen LogP contribution in [0.15, 0.2) is 18.2 Å². The highest BCUT2D eigenvalue weighted by Gasteiger charge is 2.12. The highest BCUT2D eigenvalue weighted by atomic mass is 16.5. The van der Waals surface area contributed by atoms with E-state index in [2.05, 4.69) is 0 Å². The number of carboxylic acid groups (broad SMARTS) is 1. The van der Waals surface area contributed by atoms with E-state index in [9.17, 15) is 9.59 Å². The lowest BCUT2D eigenvalue weighted by molar-refractivity contribution is -0.143. The van der Waals surface area contributed by atoms with E-state index in [1.54, 1.807) is 7.05 Å². The van der Waals surface area contributed by atoms with E-state index in [-0.39, 0.29) is 12.5 Å². The van der Waals surface area contributed by atoms with Crippen LogP contribution >= 0.6 is 0 Å². The highest BCUT2D eigenvalue weighted by Crippen LogP contribution is 2.17. The number of anilines is 1. The smallest absolute Gasteiger partial charge is 0.329 e. The van der Waals surface area contributed by atoms with Crippen LogP contribution in [-0.2, 0) is 14.3 Å². The predicted molar refractivity (Wildman–Crippen MR) is 67.8 cm³/mol. The number of carboxylic acids is 1. The standard InChI is InChI=1S/C13H17NO4/c1-9-4-10(2)6-11(5-9)14(3)12(15)7-18-8-13(16)17/h4-6H,7-8H2,1-3H3,(H,16,17). The first kappa shape index (κ1) is 14.2. The first-order chi connectivity index (χ1) is 8.40. The molecule has 5 nitrogen and oxygen atoms in total. The van der Waals surface area contributed by atoms with Crippen LogP contribution in [0.4, 0.5) is 5.69 Å². The van der Waals surface area contributed by atoms with Gasteiger partial charge in [0.15, 0.2) is 0 Å². The van der Waals surface area contributed by atoms with Crippen LogP contribution in [0.25, 0.3) is 0 Å². The Morgan fingerprint density at radius 2 is 1.72 bits per heavy atom. The van der Waals surface area contributed by atoms with Crippen LogP contribution in [0.3, 0.4) is 0 Å². The van der Waals surface area contributed by atoms with E-state index in [0.717, 1.165) is 16.8 Å². The van der Waals surface area contributed by atoms with E-state index in [1.807, 2.05) is 32.0 Å². The zero-order chi connectivity index (χ0) is 13.7. The number of likely N-dealkylation sites (N-methyl/N-ethyl adjacent to an activating group) is 1. The van der Waals surface area contributed by atoms with E-state index < -0.39 is 12.6 Å². The highest BCUT2D eigenvalue weighted by molar-refractivity contribution is 5.94. The summed E-state index contributed by atoms with van der Waals surface area (Å²) in [6.45, 7) is 3.20. The van der Waals surface area contributed by atoms with E-state index in [1.165, 1.54) is 4.90 Å². The molecule has 0 heterocycles. The molecule has 1 N–H and O–H groups in total. The largest absolute Gasteiger partial charge is 0.480 e. The van der Waals surface area contributed by atoms with Gasteiger partial charge in [-0.1, -0.05) is 6.07 Å². The fourth-order valence-electron chi connectivity index (χ4n) is 1.61. The van der Waals surface area contributed by atoms with Crippen molar-refractivity contribution in [3.05, 3.63) is 29.3 Å². The molecular formula is C13H17NO4. The fraction of sp³-hybridized carbons (Fsp3) is 0.385. The Balaban J connectivity index is 2.65. The van der Waals surface area contributed by atoms with Crippen LogP contribution < -0.4 is 4.90 Å². The molecule has 5 heteroatoms. The fourth-order valence-corrected chi connectivity index (χ4v) is 1.61. The van der Waals surface area contributed by atoms with Crippen molar-refractivity contribution in [2.45, 2.75) is 13.8 Å². The minimum absolute atomic E-state index is 0.240. The number of hydrogen-bond acceptors (Lipinski definition) is 3. The molecule has 0 unspecified atom stereocenters. The summed E-state index contributed by atoms with van der Waals surface area (Å²) in [5.74, 6) is -1.36. The molecule has 0 aliphatic rings. The van der Waals surface area contributed by atoms with Crippen LogP contribution in [0.5, 0.6) is 0 Å². The molecule has 0 bridgehead atoms. The van der Waals surface area contributed by atoms with E-state index in [4.69, 9.17) is 9.84 Å². The third kappa shape index (κ3) is 4.18. The summed E-state index contributed by atoms with van der Waals surface area (Å²) in [6, 6.07) is 5.80. The molecule has 0 aliphatic carbocycles. The SMILES string of the molecule is Cc1cc(C)cc(N(C)C(=O)COCC(=O)O)c1. The van der Waals surface area contributed by atoms with Gasteiger partial charge in [-0.15, -0.1) is 0 Å². The maximum atomic E-state index is 11.8. The second-order valence-corrected chi connectivity index (χ2v) is 4.19. The monoisotopic (exact) mass is 251 g/mol. The number of benzene rings is 1. The second kappa shape index (κ2) is 6.16. The number of aryl methyl sites for hydroxylation is 2. The van der Waals surface area contributed by atoms with Gasteiger partial charge in [0.2, 0.25) is 0 Å². The molecule has 1 rings (SSSR count). The summed E-state index contributed by atoms with van der Waals surface area (Å²) in [5, 5.41) is 8.40. The van der Waals surface area contributed by atoms with Crippen molar-refractivity contribution in [1.82, 2.24) is 0 Å². The zero-order valence-electron chi connectivity index (χ0n) is 10.8. The van der Waals surface area contributed by atoms with Crippen molar-refractivity contribution in [2.24, 2.45) is 0 Å². The normalized spacial score (nSPS) is 10.2. The average Bonchev–Trinajstić information content (AvgIpc) is 2.26. The molecule has 0 radical (unpaired) electrons. The zero-order valence-corrected chi connectivity index (χ0v) is 10.8. The van der Waals surface area contributed by atoms with Crippen molar-refractivity contribution < 1.29 is 19.4 Å².